The van der Waals surface area contributed by atoms with Gasteiger partial charge in [-0.1, -0.05) is 31.2 Å². The molecule has 36 heavy (non-hydrogen) atoms. The summed E-state index contributed by atoms with van der Waals surface area (Å²) in [6.45, 7) is 8.05. The normalized spacial score (nSPS) is 17.5. The Hall–Kier alpha value is -3.87. The molecule has 1 aliphatic rings. The molecule has 2 unspecified atom stereocenters. The summed E-state index contributed by atoms with van der Waals surface area (Å²) >= 11 is 0. The van der Waals surface area contributed by atoms with Gasteiger partial charge in [0, 0.05) is 25.9 Å². The summed E-state index contributed by atoms with van der Waals surface area (Å²) in [5.74, 6) is 0.0254. The molecule has 0 bridgehead atoms. The summed E-state index contributed by atoms with van der Waals surface area (Å²) in [6, 6.07) is 12.9. The molecule has 6 nitrogen and oxygen atoms in total. The number of aryl methyl sites for hydroxylation is 2. The number of benzene rings is 2. The second-order valence-corrected chi connectivity index (χ2v) is 8.82. The van der Waals surface area contributed by atoms with E-state index in [1.54, 1.807) is 6.08 Å². The Balaban J connectivity index is 1.68. The SMILES string of the molecule is C=CC1C(/C=C/F)C(CC)=C(C(=O)NCc2cccc(Oc3ccc(CCC(=O)O)c(C)c3)c2)N1C. The quantitative estimate of drug-likeness (QED) is 0.394. The zero-order chi connectivity index (χ0) is 26.2. The van der Waals surface area contributed by atoms with Gasteiger partial charge in [-0.15, -0.1) is 6.58 Å². The number of rotatable bonds is 11. The van der Waals surface area contributed by atoms with Gasteiger partial charge in [-0.25, -0.2) is 4.39 Å². The number of hydrogen-bond donors (Lipinski definition) is 2. The molecular weight excluding hydrogens is 459 g/mol. The average Bonchev–Trinajstić information content (AvgIpc) is 3.12. The van der Waals surface area contributed by atoms with Gasteiger partial charge in [0.15, 0.2) is 0 Å². The number of ether oxygens (including phenoxy) is 1. The number of nitrogens with zero attached hydrogens (tertiary/aromatic N) is 1. The third-order valence-electron chi connectivity index (χ3n) is 6.50. The van der Waals surface area contributed by atoms with Gasteiger partial charge in [-0.05, 0) is 72.4 Å². The molecule has 2 N–H and O–H groups in total. The van der Waals surface area contributed by atoms with Crippen LogP contribution in [0.2, 0.25) is 0 Å². The highest BCUT2D eigenvalue weighted by molar-refractivity contribution is 5.94. The van der Waals surface area contributed by atoms with Gasteiger partial charge in [-0.3, -0.25) is 9.59 Å². The first-order valence-corrected chi connectivity index (χ1v) is 12.0. The van der Waals surface area contributed by atoms with E-state index in [0.29, 0.717) is 42.9 Å². The molecule has 1 heterocycles. The number of carboxylic acids is 1. The van der Waals surface area contributed by atoms with Crippen molar-refractivity contribution in [3.8, 4) is 11.5 Å². The maximum Gasteiger partial charge on any atom is 0.303 e. The first-order valence-electron chi connectivity index (χ1n) is 12.0. The molecule has 0 aliphatic carbocycles. The van der Waals surface area contributed by atoms with Crippen LogP contribution in [-0.2, 0) is 22.6 Å². The predicted molar refractivity (Wildman–Crippen MR) is 138 cm³/mol. The largest absolute Gasteiger partial charge is 0.481 e. The molecule has 1 aliphatic heterocycles. The van der Waals surface area contributed by atoms with E-state index < -0.39 is 5.97 Å². The van der Waals surface area contributed by atoms with Gasteiger partial charge >= 0.3 is 5.97 Å². The van der Waals surface area contributed by atoms with Crippen LogP contribution < -0.4 is 10.1 Å². The fourth-order valence-corrected chi connectivity index (χ4v) is 4.68. The number of likely N-dealkylation sites (N-methyl/N-ethyl adjacent to an activating group) is 1. The van der Waals surface area contributed by atoms with Gasteiger partial charge in [0.25, 0.3) is 5.91 Å². The van der Waals surface area contributed by atoms with Crippen LogP contribution in [0.3, 0.4) is 0 Å². The second-order valence-electron chi connectivity index (χ2n) is 8.82. The van der Waals surface area contributed by atoms with Crippen molar-refractivity contribution < 1.29 is 23.8 Å². The molecule has 190 valence electrons. The Morgan fingerprint density at radius 1 is 1.22 bits per heavy atom. The highest BCUT2D eigenvalue weighted by Gasteiger charge is 2.37. The van der Waals surface area contributed by atoms with E-state index in [1.165, 1.54) is 6.08 Å². The van der Waals surface area contributed by atoms with Crippen molar-refractivity contribution in [1.82, 2.24) is 10.2 Å². The minimum atomic E-state index is -0.822. The second kappa shape index (κ2) is 12.2. The number of carboxylic acid groups (broad SMARTS) is 1. The van der Waals surface area contributed by atoms with Gasteiger partial charge in [0.05, 0.1) is 12.4 Å². The van der Waals surface area contributed by atoms with Crippen molar-refractivity contribution in [3.05, 3.63) is 95.5 Å². The smallest absolute Gasteiger partial charge is 0.303 e. The van der Waals surface area contributed by atoms with Crippen molar-refractivity contribution in [1.29, 1.82) is 0 Å². The highest BCUT2D eigenvalue weighted by Crippen LogP contribution is 2.36. The van der Waals surface area contributed by atoms with Gasteiger partial charge in [-0.2, -0.15) is 0 Å². The van der Waals surface area contributed by atoms with E-state index >= 15 is 0 Å². The topological polar surface area (TPSA) is 78.9 Å². The maximum atomic E-state index is 13.1. The molecule has 0 fully saturated rings. The van der Waals surface area contributed by atoms with Crippen LogP contribution in [0.4, 0.5) is 4.39 Å². The summed E-state index contributed by atoms with van der Waals surface area (Å²) in [7, 11) is 1.83. The van der Waals surface area contributed by atoms with Gasteiger partial charge in [0.1, 0.15) is 17.2 Å². The predicted octanol–water partition coefficient (Wildman–Crippen LogP) is 5.68. The Bertz CT molecular complexity index is 1190. The van der Waals surface area contributed by atoms with E-state index in [0.717, 1.165) is 22.3 Å². The van der Waals surface area contributed by atoms with Crippen LogP contribution in [0.5, 0.6) is 11.5 Å². The van der Waals surface area contributed by atoms with E-state index in [-0.39, 0.29) is 24.3 Å². The van der Waals surface area contributed by atoms with Crippen LogP contribution in [-0.4, -0.2) is 35.0 Å². The Morgan fingerprint density at radius 3 is 2.61 bits per heavy atom. The lowest BCUT2D eigenvalue weighted by molar-refractivity contribution is -0.137. The Labute approximate surface area is 211 Å². The summed E-state index contributed by atoms with van der Waals surface area (Å²) in [4.78, 5) is 25.8. The lowest BCUT2D eigenvalue weighted by Crippen LogP contribution is -2.35. The highest BCUT2D eigenvalue weighted by atomic mass is 19.1. The van der Waals surface area contributed by atoms with E-state index in [2.05, 4.69) is 11.9 Å². The minimum Gasteiger partial charge on any atom is -0.481 e. The molecule has 0 saturated carbocycles. The molecule has 7 heteroatoms. The lowest BCUT2D eigenvalue weighted by atomic mass is 9.92. The van der Waals surface area contributed by atoms with E-state index in [9.17, 15) is 14.0 Å². The Kier molecular flexibility index (Phi) is 9.06. The molecule has 2 aromatic rings. The minimum absolute atomic E-state index is 0.0860. The first-order chi connectivity index (χ1) is 17.3. The van der Waals surface area contributed by atoms with Crippen molar-refractivity contribution >= 4 is 11.9 Å². The Morgan fingerprint density at radius 2 is 1.97 bits per heavy atom. The van der Waals surface area contributed by atoms with Crippen LogP contribution in [0, 0.1) is 12.8 Å². The number of hydrogen-bond acceptors (Lipinski definition) is 4. The first kappa shape index (κ1) is 26.7. The summed E-state index contributed by atoms with van der Waals surface area (Å²) < 4.78 is 19.0. The lowest BCUT2D eigenvalue weighted by Gasteiger charge is -2.24. The summed E-state index contributed by atoms with van der Waals surface area (Å²) in [5, 5.41) is 11.9. The van der Waals surface area contributed by atoms with Crippen LogP contribution in [0.15, 0.2) is 78.8 Å². The molecule has 2 aromatic carbocycles. The number of amides is 1. The van der Waals surface area contributed by atoms with Crippen molar-refractivity contribution in [2.45, 2.75) is 45.7 Å². The van der Waals surface area contributed by atoms with Crippen LogP contribution in [0.1, 0.15) is 36.5 Å². The molecule has 3 rings (SSSR count). The fraction of sp³-hybridized carbons (Fsp3) is 0.310. The number of carbonyl (C=O) groups excluding carboxylic acids is 1. The molecule has 0 spiro atoms. The van der Waals surface area contributed by atoms with Gasteiger partial charge in [0.2, 0.25) is 0 Å². The van der Waals surface area contributed by atoms with E-state index in [4.69, 9.17) is 9.84 Å². The number of aliphatic carboxylic acids is 1. The van der Waals surface area contributed by atoms with Crippen molar-refractivity contribution in [2.24, 2.45) is 5.92 Å². The summed E-state index contributed by atoms with van der Waals surface area (Å²) in [6.07, 6.45) is 4.93. The fourth-order valence-electron chi connectivity index (χ4n) is 4.68. The van der Waals surface area contributed by atoms with Crippen LogP contribution >= 0.6 is 0 Å². The standard InChI is InChI=1S/C29H33FN2O4/c1-5-24-25(14-15-30)26(6-2)32(4)28(24)29(35)31-18-20-8-7-9-22(17-20)36-23-12-10-21(19(3)16-23)11-13-27(33)34/h6-10,12,14-17,25-26H,2,5,11,13,18H2,1,3-4H3,(H,31,35)(H,33,34)/b15-14+. The average molecular weight is 493 g/mol. The van der Waals surface area contributed by atoms with E-state index in [1.807, 2.05) is 68.3 Å². The zero-order valence-corrected chi connectivity index (χ0v) is 21.0. The number of halogens is 1. The third-order valence-corrected chi connectivity index (χ3v) is 6.50. The van der Waals surface area contributed by atoms with Gasteiger partial charge < -0.3 is 20.1 Å². The maximum absolute atomic E-state index is 13.1. The molecule has 0 aromatic heterocycles. The van der Waals surface area contributed by atoms with Crippen molar-refractivity contribution in [2.75, 3.05) is 7.05 Å². The molecule has 2 atom stereocenters. The number of nitrogens with one attached hydrogen (secondary N) is 1. The number of carbonyl (C=O) groups is 2. The van der Waals surface area contributed by atoms with Crippen molar-refractivity contribution in [3.63, 3.8) is 0 Å². The molecule has 1 amide bonds. The third kappa shape index (κ3) is 6.22. The summed E-state index contributed by atoms with van der Waals surface area (Å²) in [5.41, 5.74) is 4.25. The molecule has 0 radical (unpaired) electrons. The monoisotopic (exact) mass is 492 g/mol. The molecule has 0 saturated heterocycles. The van der Waals surface area contributed by atoms with Crippen LogP contribution in [0.25, 0.3) is 0 Å². The zero-order valence-electron chi connectivity index (χ0n) is 21.0. The molecular formula is C29H33FN2O4.